The third-order valence-corrected chi connectivity index (χ3v) is 4.24. The van der Waals surface area contributed by atoms with Gasteiger partial charge in [-0.1, -0.05) is 36.5 Å². The summed E-state index contributed by atoms with van der Waals surface area (Å²) in [4.78, 5) is 24.3. The highest BCUT2D eigenvalue weighted by Crippen LogP contribution is 2.33. The normalized spacial score (nSPS) is 17.6. The summed E-state index contributed by atoms with van der Waals surface area (Å²) in [6, 6.07) is 5.20. The van der Waals surface area contributed by atoms with Crippen LogP contribution >= 0.6 is 0 Å². The maximum absolute atomic E-state index is 12.9. The Morgan fingerprint density at radius 2 is 1.52 bits per heavy atom. The SMILES string of the molecule is Cc1cc(C)cc(C(=O)C2(NC(=O)C(F)(F)F)CCCCC2)c1. The summed E-state index contributed by atoms with van der Waals surface area (Å²) in [5, 5.41) is 2.00. The van der Waals surface area contributed by atoms with Crippen molar-refractivity contribution in [2.24, 2.45) is 0 Å². The predicted octanol–water partition coefficient (Wildman–Crippen LogP) is 3.87. The summed E-state index contributed by atoms with van der Waals surface area (Å²) in [5.74, 6) is -2.47. The van der Waals surface area contributed by atoms with E-state index in [1.807, 2.05) is 25.2 Å². The number of carbonyl (C=O) groups is 2. The minimum atomic E-state index is -4.99. The van der Waals surface area contributed by atoms with E-state index in [2.05, 4.69) is 0 Å². The summed E-state index contributed by atoms with van der Waals surface area (Å²) in [7, 11) is 0. The molecule has 0 atom stereocenters. The van der Waals surface area contributed by atoms with Crippen LogP contribution < -0.4 is 5.32 Å². The van der Waals surface area contributed by atoms with E-state index < -0.39 is 23.4 Å². The Labute approximate surface area is 133 Å². The van der Waals surface area contributed by atoms with Crippen LogP contribution in [0.5, 0.6) is 0 Å². The van der Waals surface area contributed by atoms with Gasteiger partial charge in [0.05, 0.1) is 0 Å². The summed E-state index contributed by atoms with van der Waals surface area (Å²) in [6.07, 6.45) is -2.43. The van der Waals surface area contributed by atoms with E-state index in [4.69, 9.17) is 0 Å². The number of nitrogens with one attached hydrogen (secondary N) is 1. The Morgan fingerprint density at radius 1 is 1.00 bits per heavy atom. The van der Waals surface area contributed by atoms with Crippen molar-refractivity contribution >= 4 is 11.7 Å². The lowest BCUT2D eigenvalue weighted by molar-refractivity contribution is -0.175. The molecule has 1 saturated carbocycles. The maximum atomic E-state index is 12.9. The van der Waals surface area contributed by atoms with Gasteiger partial charge in [-0.25, -0.2) is 0 Å². The molecule has 3 nitrogen and oxygen atoms in total. The Morgan fingerprint density at radius 3 is 2.00 bits per heavy atom. The Bertz CT molecular complexity index is 597. The van der Waals surface area contributed by atoms with Gasteiger partial charge in [0.15, 0.2) is 5.78 Å². The molecule has 1 aliphatic rings. The molecule has 1 aromatic rings. The number of amides is 1. The van der Waals surface area contributed by atoms with E-state index in [0.29, 0.717) is 18.4 Å². The highest BCUT2D eigenvalue weighted by molar-refractivity contribution is 6.05. The number of Topliss-reactive ketones (excluding diaryl/α,β-unsaturated/α-hetero) is 1. The van der Waals surface area contributed by atoms with E-state index >= 15 is 0 Å². The van der Waals surface area contributed by atoms with Crippen molar-refractivity contribution < 1.29 is 22.8 Å². The molecule has 0 unspecified atom stereocenters. The van der Waals surface area contributed by atoms with Gasteiger partial charge in [-0.3, -0.25) is 9.59 Å². The number of alkyl halides is 3. The zero-order chi connectivity index (χ0) is 17.3. The molecule has 1 fully saturated rings. The maximum Gasteiger partial charge on any atom is 0.471 e. The Hall–Kier alpha value is -1.85. The van der Waals surface area contributed by atoms with Crippen molar-refractivity contribution in [3.63, 3.8) is 0 Å². The van der Waals surface area contributed by atoms with Crippen LogP contribution in [0.3, 0.4) is 0 Å². The van der Waals surface area contributed by atoms with Crippen LogP contribution in [0.4, 0.5) is 13.2 Å². The lowest BCUT2D eigenvalue weighted by Gasteiger charge is -2.37. The number of hydrogen-bond donors (Lipinski definition) is 1. The van der Waals surface area contributed by atoms with Crippen molar-refractivity contribution in [3.05, 3.63) is 34.9 Å². The van der Waals surface area contributed by atoms with E-state index in [1.54, 1.807) is 12.1 Å². The van der Waals surface area contributed by atoms with Crippen LogP contribution in [-0.4, -0.2) is 23.4 Å². The summed E-state index contributed by atoms with van der Waals surface area (Å²) in [5.41, 5.74) is 0.625. The fraction of sp³-hybridized carbons (Fsp3) is 0.529. The monoisotopic (exact) mass is 327 g/mol. The molecule has 23 heavy (non-hydrogen) atoms. The largest absolute Gasteiger partial charge is 0.471 e. The van der Waals surface area contributed by atoms with Gasteiger partial charge in [0, 0.05) is 5.56 Å². The molecule has 6 heteroatoms. The Balaban J connectivity index is 2.37. The Kier molecular flexibility index (Phi) is 4.82. The zero-order valence-corrected chi connectivity index (χ0v) is 13.2. The summed E-state index contributed by atoms with van der Waals surface area (Å²) < 4.78 is 37.9. The molecule has 1 N–H and O–H groups in total. The highest BCUT2D eigenvalue weighted by atomic mass is 19.4. The smallest absolute Gasteiger partial charge is 0.335 e. The fourth-order valence-electron chi connectivity index (χ4n) is 3.23. The molecule has 1 aromatic carbocycles. The van der Waals surface area contributed by atoms with Gasteiger partial charge < -0.3 is 5.32 Å². The second kappa shape index (κ2) is 6.34. The lowest BCUT2D eigenvalue weighted by atomic mass is 9.76. The number of ketones is 1. The van der Waals surface area contributed by atoms with Crippen LogP contribution in [0, 0.1) is 13.8 Å². The molecule has 0 radical (unpaired) electrons. The zero-order valence-electron chi connectivity index (χ0n) is 13.2. The predicted molar refractivity (Wildman–Crippen MR) is 80.3 cm³/mol. The van der Waals surface area contributed by atoms with Crippen LogP contribution in [0.2, 0.25) is 0 Å². The van der Waals surface area contributed by atoms with Gasteiger partial charge in [-0.2, -0.15) is 13.2 Å². The van der Waals surface area contributed by atoms with E-state index in [9.17, 15) is 22.8 Å². The van der Waals surface area contributed by atoms with Crippen molar-refractivity contribution in [1.82, 2.24) is 5.32 Å². The van der Waals surface area contributed by atoms with Crippen molar-refractivity contribution in [3.8, 4) is 0 Å². The fourth-order valence-corrected chi connectivity index (χ4v) is 3.23. The third kappa shape index (κ3) is 3.92. The molecule has 0 spiro atoms. The van der Waals surface area contributed by atoms with E-state index in [0.717, 1.165) is 17.5 Å². The van der Waals surface area contributed by atoms with Crippen molar-refractivity contribution in [1.29, 1.82) is 0 Å². The first kappa shape index (κ1) is 17.5. The van der Waals surface area contributed by atoms with E-state index in [-0.39, 0.29) is 12.8 Å². The number of benzene rings is 1. The minimum Gasteiger partial charge on any atom is -0.335 e. The van der Waals surface area contributed by atoms with Crippen LogP contribution in [0.15, 0.2) is 18.2 Å². The number of hydrogen-bond acceptors (Lipinski definition) is 2. The molecule has 0 saturated heterocycles. The number of halogens is 3. The van der Waals surface area contributed by atoms with Gasteiger partial charge >= 0.3 is 12.1 Å². The quantitative estimate of drug-likeness (QED) is 0.857. The van der Waals surface area contributed by atoms with Crippen LogP contribution in [0.1, 0.15) is 53.6 Å². The average Bonchev–Trinajstić information content (AvgIpc) is 2.45. The van der Waals surface area contributed by atoms with Crippen molar-refractivity contribution in [2.75, 3.05) is 0 Å². The summed E-state index contributed by atoms with van der Waals surface area (Å²) in [6.45, 7) is 3.65. The first-order valence-corrected chi connectivity index (χ1v) is 7.66. The average molecular weight is 327 g/mol. The van der Waals surface area contributed by atoms with Gasteiger partial charge in [0.1, 0.15) is 5.54 Å². The second-order valence-electron chi connectivity index (χ2n) is 6.30. The van der Waals surface area contributed by atoms with Crippen LogP contribution in [-0.2, 0) is 4.79 Å². The molecule has 0 aliphatic heterocycles. The third-order valence-electron chi connectivity index (χ3n) is 4.24. The van der Waals surface area contributed by atoms with Crippen LogP contribution in [0.25, 0.3) is 0 Å². The highest BCUT2D eigenvalue weighted by Gasteiger charge is 2.47. The van der Waals surface area contributed by atoms with Crippen molar-refractivity contribution in [2.45, 2.75) is 57.7 Å². The molecule has 0 bridgehead atoms. The molecular formula is C17H20F3NO2. The molecule has 2 rings (SSSR count). The molecule has 1 amide bonds. The molecular weight excluding hydrogens is 307 g/mol. The number of carbonyl (C=O) groups excluding carboxylic acids is 2. The topological polar surface area (TPSA) is 46.2 Å². The molecule has 126 valence electrons. The molecule has 0 heterocycles. The lowest BCUT2D eigenvalue weighted by Crippen LogP contribution is -2.58. The number of rotatable bonds is 3. The summed E-state index contributed by atoms with van der Waals surface area (Å²) >= 11 is 0. The van der Waals surface area contributed by atoms with Gasteiger partial charge in [0.2, 0.25) is 0 Å². The standard InChI is InChI=1S/C17H20F3NO2/c1-11-8-12(2)10-13(9-11)14(22)16(6-4-3-5-7-16)21-15(23)17(18,19)20/h8-10H,3-7H2,1-2H3,(H,21,23). The first-order valence-electron chi connectivity index (χ1n) is 7.66. The molecule has 1 aliphatic carbocycles. The molecule has 0 aromatic heterocycles. The van der Waals surface area contributed by atoms with E-state index in [1.165, 1.54) is 0 Å². The number of aryl methyl sites for hydroxylation is 2. The van der Waals surface area contributed by atoms with Gasteiger partial charge in [0.25, 0.3) is 0 Å². The minimum absolute atomic E-state index is 0.237. The first-order chi connectivity index (χ1) is 10.6. The second-order valence-corrected chi connectivity index (χ2v) is 6.30. The van der Waals surface area contributed by atoms with Gasteiger partial charge in [-0.15, -0.1) is 0 Å². The van der Waals surface area contributed by atoms with Gasteiger partial charge in [-0.05, 0) is 38.8 Å².